The second kappa shape index (κ2) is 9.61. The van der Waals surface area contributed by atoms with E-state index >= 15 is 0 Å². The minimum absolute atomic E-state index is 0.158. The van der Waals surface area contributed by atoms with Gasteiger partial charge in [-0.2, -0.15) is 0 Å². The van der Waals surface area contributed by atoms with Crippen molar-refractivity contribution in [2.45, 2.75) is 45.3 Å². The summed E-state index contributed by atoms with van der Waals surface area (Å²) in [5.41, 5.74) is 3.50. The summed E-state index contributed by atoms with van der Waals surface area (Å²) < 4.78 is 21.9. The van der Waals surface area contributed by atoms with Crippen LogP contribution in [-0.2, 0) is 14.9 Å². The summed E-state index contributed by atoms with van der Waals surface area (Å²) in [6, 6.07) is 14.3. The van der Waals surface area contributed by atoms with E-state index in [-0.39, 0.29) is 24.7 Å². The minimum atomic E-state index is -0.624. The summed E-state index contributed by atoms with van der Waals surface area (Å²) in [5.74, 6) is 1.62. The number of epoxide rings is 1. The van der Waals surface area contributed by atoms with Crippen molar-refractivity contribution in [3.05, 3.63) is 59.2 Å². The maximum atomic E-state index is 9.83. The molecule has 1 aliphatic rings. The molecule has 2 aromatic carbocycles. The monoisotopic (exact) mass is 400 g/mol. The third kappa shape index (κ3) is 5.95. The highest BCUT2D eigenvalue weighted by Crippen LogP contribution is 2.35. The summed E-state index contributed by atoms with van der Waals surface area (Å²) in [4.78, 5) is 0. The van der Waals surface area contributed by atoms with E-state index in [1.165, 1.54) is 16.7 Å². The zero-order valence-corrected chi connectivity index (χ0v) is 17.8. The van der Waals surface area contributed by atoms with Gasteiger partial charge >= 0.3 is 0 Å². The average molecular weight is 401 g/mol. The summed E-state index contributed by atoms with van der Waals surface area (Å²) in [7, 11) is 0. The van der Waals surface area contributed by atoms with Crippen LogP contribution in [0.25, 0.3) is 0 Å². The largest absolute Gasteiger partial charge is 0.491 e. The van der Waals surface area contributed by atoms with Crippen molar-refractivity contribution in [1.29, 1.82) is 0 Å². The highest BCUT2D eigenvalue weighted by atomic mass is 16.6. The standard InChI is InChI=1S/C24H32O5/c1-5-26-13-19(25)14-27-20-8-6-18(7-9-20)24(3,4)23-11-10-21(12-17(23)2)28-15-22-16-29-22/h6-12,19,22,25H,5,13-16H2,1-4H3. The van der Waals surface area contributed by atoms with Crippen molar-refractivity contribution < 1.29 is 24.1 Å². The Kier molecular flexibility index (Phi) is 7.17. The summed E-state index contributed by atoms with van der Waals surface area (Å²) >= 11 is 0. The molecule has 3 rings (SSSR count). The van der Waals surface area contributed by atoms with Crippen LogP contribution in [0.3, 0.4) is 0 Å². The Balaban J connectivity index is 1.63. The minimum Gasteiger partial charge on any atom is -0.491 e. The van der Waals surface area contributed by atoms with Crippen molar-refractivity contribution in [1.82, 2.24) is 0 Å². The second-order valence-corrected chi connectivity index (χ2v) is 8.02. The van der Waals surface area contributed by atoms with Crippen LogP contribution in [0.5, 0.6) is 11.5 Å². The fourth-order valence-corrected chi connectivity index (χ4v) is 3.40. The van der Waals surface area contributed by atoms with Crippen molar-refractivity contribution in [2.75, 3.05) is 33.0 Å². The van der Waals surface area contributed by atoms with Crippen LogP contribution in [0.1, 0.15) is 37.5 Å². The van der Waals surface area contributed by atoms with Crippen LogP contribution in [0.15, 0.2) is 42.5 Å². The molecule has 1 aliphatic heterocycles. The van der Waals surface area contributed by atoms with Crippen molar-refractivity contribution in [2.24, 2.45) is 0 Å². The van der Waals surface area contributed by atoms with Crippen LogP contribution in [0.4, 0.5) is 0 Å². The van der Waals surface area contributed by atoms with Gasteiger partial charge in [-0.15, -0.1) is 0 Å². The quantitative estimate of drug-likeness (QED) is 0.580. The normalized spacial score (nSPS) is 17.1. The molecule has 1 heterocycles. The molecule has 5 nitrogen and oxygen atoms in total. The fraction of sp³-hybridized carbons (Fsp3) is 0.500. The Bertz CT molecular complexity index is 780. The van der Waals surface area contributed by atoms with Gasteiger partial charge in [0, 0.05) is 12.0 Å². The van der Waals surface area contributed by atoms with Gasteiger partial charge in [0.15, 0.2) is 0 Å². The molecule has 1 N–H and O–H groups in total. The van der Waals surface area contributed by atoms with Gasteiger partial charge < -0.3 is 24.1 Å². The van der Waals surface area contributed by atoms with Crippen molar-refractivity contribution in [3.63, 3.8) is 0 Å². The molecule has 2 unspecified atom stereocenters. The Morgan fingerprint density at radius 1 is 1.07 bits per heavy atom. The topological polar surface area (TPSA) is 60.5 Å². The molecule has 1 fully saturated rings. The second-order valence-electron chi connectivity index (χ2n) is 8.02. The van der Waals surface area contributed by atoms with E-state index < -0.39 is 6.10 Å². The zero-order chi connectivity index (χ0) is 20.9. The lowest BCUT2D eigenvalue weighted by Gasteiger charge is -2.28. The lowest BCUT2D eigenvalue weighted by atomic mass is 9.76. The third-order valence-electron chi connectivity index (χ3n) is 5.24. The molecule has 0 spiro atoms. The van der Waals surface area contributed by atoms with Crippen molar-refractivity contribution in [3.8, 4) is 11.5 Å². The fourth-order valence-electron chi connectivity index (χ4n) is 3.40. The first-order chi connectivity index (χ1) is 13.9. The van der Waals surface area contributed by atoms with E-state index in [1.807, 2.05) is 25.1 Å². The maximum absolute atomic E-state index is 9.83. The maximum Gasteiger partial charge on any atom is 0.119 e. The van der Waals surface area contributed by atoms with Gasteiger partial charge in [-0.05, 0) is 54.8 Å². The van der Waals surface area contributed by atoms with Gasteiger partial charge in [0.2, 0.25) is 0 Å². The van der Waals surface area contributed by atoms with Crippen molar-refractivity contribution >= 4 is 0 Å². The first kappa shape index (κ1) is 21.6. The van der Waals surface area contributed by atoms with Crippen LogP contribution >= 0.6 is 0 Å². The van der Waals surface area contributed by atoms with E-state index in [9.17, 15) is 5.11 Å². The number of aliphatic hydroxyl groups excluding tert-OH is 1. The molecule has 0 saturated carbocycles. The SMILES string of the molecule is CCOCC(O)COc1ccc(C(C)(C)c2ccc(OCC3CO3)cc2C)cc1. The van der Waals surface area contributed by atoms with Gasteiger partial charge in [-0.25, -0.2) is 0 Å². The highest BCUT2D eigenvalue weighted by Gasteiger charge is 2.26. The Labute approximate surface area is 173 Å². The number of hydrogen-bond donors (Lipinski definition) is 1. The van der Waals surface area contributed by atoms with E-state index in [4.69, 9.17) is 18.9 Å². The first-order valence-corrected chi connectivity index (χ1v) is 10.2. The molecule has 0 amide bonds. The highest BCUT2D eigenvalue weighted by molar-refractivity contribution is 5.46. The molecule has 0 aromatic heterocycles. The summed E-state index contributed by atoms with van der Waals surface area (Å²) in [6.45, 7) is 11.0. The molecule has 0 aliphatic carbocycles. The number of aliphatic hydroxyl groups is 1. The predicted octanol–water partition coefficient (Wildman–Crippen LogP) is 3.87. The lowest BCUT2D eigenvalue weighted by Crippen LogP contribution is -2.23. The van der Waals surface area contributed by atoms with Crippen LogP contribution < -0.4 is 9.47 Å². The average Bonchev–Trinajstić information content (AvgIpc) is 3.54. The molecule has 29 heavy (non-hydrogen) atoms. The number of ether oxygens (including phenoxy) is 4. The molecule has 5 heteroatoms. The lowest BCUT2D eigenvalue weighted by molar-refractivity contribution is 0.0164. The molecule has 1 saturated heterocycles. The first-order valence-electron chi connectivity index (χ1n) is 10.2. The molecule has 158 valence electrons. The third-order valence-corrected chi connectivity index (χ3v) is 5.24. The van der Waals surface area contributed by atoms with E-state index in [2.05, 4.69) is 45.0 Å². The van der Waals surface area contributed by atoms with Crippen LogP contribution in [0, 0.1) is 6.92 Å². The molecule has 2 aromatic rings. The Morgan fingerprint density at radius 3 is 2.38 bits per heavy atom. The van der Waals surface area contributed by atoms with Crippen LogP contribution in [-0.4, -0.2) is 50.3 Å². The zero-order valence-electron chi connectivity index (χ0n) is 17.8. The molecule has 0 radical (unpaired) electrons. The smallest absolute Gasteiger partial charge is 0.119 e. The van der Waals surface area contributed by atoms with E-state index in [0.717, 1.165) is 18.1 Å². The van der Waals surface area contributed by atoms with E-state index in [1.54, 1.807) is 0 Å². The molecular formula is C24H32O5. The number of aryl methyl sites for hydroxylation is 1. The number of benzene rings is 2. The van der Waals surface area contributed by atoms with Gasteiger partial charge in [-0.1, -0.05) is 32.0 Å². The van der Waals surface area contributed by atoms with Gasteiger partial charge in [0.25, 0.3) is 0 Å². The molecule has 0 bridgehead atoms. The van der Waals surface area contributed by atoms with E-state index in [0.29, 0.717) is 13.2 Å². The Hall–Kier alpha value is -2.08. The predicted molar refractivity (Wildman–Crippen MR) is 113 cm³/mol. The summed E-state index contributed by atoms with van der Waals surface area (Å²) in [6.07, 6.45) is -0.367. The summed E-state index contributed by atoms with van der Waals surface area (Å²) in [5, 5.41) is 9.83. The van der Waals surface area contributed by atoms with Crippen LogP contribution in [0.2, 0.25) is 0 Å². The van der Waals surface area contributed by atoms with Gasteiger partial charge in [-0.3, -0.25) is 0 Å². The van der Waals surface area contributed by atoms with Gasteiger partial charge in [0.05, 0.1) is 13.2 Å². The molecular weight excluding hydrogens is 368 g/mol. The number of rotatable bonds is 11. The van der Waals surface area contributed by atoms with Gasteiger partial charge in [0.1, 0.15) is 36.9 Å². The molecule has 2 atom stereocenters. The Morgan fingerprint density at radius 2 is 1.76 bits per heavy atom. The number of hydrogen-bond acceptors (Lipinski definition) is 5.